The molecule has 0 radical (unpaired) electrons. The van der Waals surface area contributed by atoms with Crippen LogP contribution in [0.4, 0.5) is 5.69 Å². The maximum absolute atomic E-state index is 11.8. The van der Waals surface area contributed by atoms with Gasteiger partial charge in [0.1, 0.15) is 12.3 Å². The Balaban J connectivity index is 1.75. The molecule has 1 aliphatic rings. The summed E-state index contributed by atoms with van der Waals surface area (Å²) in [7, 11) is 0. The number of carbonyl (C=O) groups excluding carboxylic acids is 1. The third-order valence-electron chi connectivity index (χ3n) is 3.84. The number of carbonyl (C=O) groups is 1. The highest BCUT2D eigenvalue weighted by molar-refractivity contribution is 7.80. The molecule has 28 heavy (non-hydrogen) atoms. The van der Waals surface area contributed by atoms with E-state index >= 15 is 0 Å². The van der Waals surface area contributed by atoms with Crippen LogP contribution < -0.4 is 20.1 Å². The van der Waals surface area contributed by atoms with Crippen molar-refractivity contribution in [1.29, 1.82) is 0 Å². The van der Waals surface area contributed by atoms with E-state index in [0.29, 0.717) is 23.8 Å². The molecule has 9 heteroatoms. The molecule has 1 saturated heterocycles. The molecule has 3 rings (SSSR count). The Morgan fingerprint density at radius 2 is 1.86 bits per heavy atom. The number of benzene rings is 2. The monoisotopic (exact) mass is 399 g/mol. The SMILES string of the molecule is CCOc1cc(/C=C2\NC(=S)NC2=O)ccc1OCc1ccc([N+](=O)[O-])cc1. The van der Waals surface area contributed by atoms with Crippen LogP contribution in [0.1, 0.15) is 18.1 Å². The van der Waals surface area contributed by atoms with Crippen molar-refractivity contribution >= 4 is 35.0 Å². The molecule has 0 aliphatic carbocycles. The van der Waals surface area contributed by atoms with E-state index in [-0.39, 0.29) is 23.3 Å². The zero-order valence-corrected chi connectivity index (χ0v) is 15.7. The Morgan fingerprint density at radius 3 is 2.46 bits per heavy atom. The van der Waals surface area contributed by atoms with E-state index in [0.717, 1.165) is 11.1 Å². The summed E-state index contributed by atoms with van der Waals surface area (Å²) in [6.07, 6.45) is 1.66. The van der Waals surface area contributed by atoms with Crippen LogP contribution in [0.15, 0.2) is 48.2 Å². The maximum atomic E-state index is 11.8. The summed E-state index contributed by atoms with van der Waals surface area (Å²) in [5.41, 5.74) is 1.92. The Kier molecular flexibility index (Phi) is 5.85. The van der Waals surface area contributed by atoms with Gasteiger partial charge in [0.2, 0.25) is 0 Å². The molecule has 0 atom stereocenters. The standard InChI is InChI=1S/C19H17N3O5S/c1-2-26-17-10-13(9-15-18(23)21-19(28)20-15)5-8-16(17)27-11-12-3-6-14(7-4-12)22(24)25/h3-10H,2,11H2,1H3,(H2,20,21,23,28)/b15-9-. The van der Waals surface area contributed by atoms with Crippen molar-refractivity contribution in [1.82, 2.24) is 10.6 Å². The van der Waals surface area contributed by atoms with Gasteiger partial charge in [0.05, 0.1) is 11.5 Å². The number of non-ortho nitro benzene ring substituents is 1. The number of hydrogen-bond donors (Lipinski definition) is 2. The lowest BCUT2D eigenvalue weighted by atomic mass is 10.1. The second kappa shape index (κ2) is 8.49. The highest BCUT2D eigenvalue weighted by Crippen LogP contribution is 2.30. The number of nitrogens with zero attached hydrogens (tertiary/aromatic N) is 1. The Morgan fingerprint density at radius 1 is 1.11 bits per heavy atom. The van der Waals surface area contributed by atoms with E-state index in [2.05, 4.69) is 10.6 Å². The van der Waals surface area contributed by atoms with Crippen LogP contribution in [0.5, 0.6) is 11.5 Å². The van der Waals surface area contributed by atoms with Crippen LogP contribution in [-0.2, 0) is 11.4 Å². The predicted molar refractivity (Wildman–Crippen MR) is 107 cm³/mol. The first-order valence-electron chi connectivity index (χ1n) is 8.43. The van der Waals surface area contributed by atoms with E-state index in [4.69, 9.17) is 21.7 Å². The minimum absolute atomic E-state index is 0.0280. The number of thiocarbonyl (C=S) groups is 1. The van der Waals surface area contributed by atoms with Gasteiger partial charge in [-0.25, -0.2) is 0 Å². The molecule has 0 spiro atoms. The maximum Gasteiger partial charge on any atom is 0.273 e. The second-order valence-corrected chi connectivity index (χ2v) is 6.23. The zero-order valence-electron chi connectivity index (χ0n) is 14.9. The fourth-order valence-corrected chi connectivity index (χ4v) is 2.73. The molecule has 1 fully saturated rings. The molecule has 0 saturated carbocycles. The summed E-state index contributed by atoms with van der Waals surface area (Å²) in [6.45, 7) is 2.53. The van der Waals surface area contributed by atoms with Gasteiger partial charge in [-0.2, -0.15) is 0 Å². The summed E-state index contributed by atoms with van der Waals surface area (Å²) in [5.74, 6) is 0.767. The van der Waals surface area contributed by atoms with Crippen LogP contribution in [0.3, 0.4) is 0 Å². The number of nitro groups is 1. The van der Waals surface area contributed by atoms with Crippen LogP contribution in [0, 0.1) is 10.1 Å². The molecule has 0 aromatic heterocycles. The number of ether oxygens (including phenoxy) is 2. The molecular formula is C19H17N3O5S. The number of hydrogen-bond acceptors (Lipinski definition) is 6. The molecule has 1 heterocycles. The third-order valence-corrected chi connectivity index (χ3v) is 4.04. The number of amides is 1. The molecule has 144 valence electrons. The van der Waals surface area contributed by atoms with E-state index < -0.39 is 4.92 Å². The van der Waals surface area contributed by atoms with Gasteiger partial charge in [0.15, 0.2) is 16.6 Å². The average molecular weight is 399 g/mol. The van der Waals surface area contributed by atoms with Crippen LogP contribution in [0.2, 0.25) is 0 Å². The first-order chi connectivity index (χ1) is 13.5. The number of nitro benzene ring substituents is 1. The smallest absolute Gasteiger partial charge is 0.273 e. The quantitative estimate of drug-likeness (QED) is 0.319. The molecule has 1 aliphatic heterocycles. The van der Waals surface area contributed by atoms with Gasteiger partial charge in [0.25, 0.3) is 11.6 Å². The summed E-state index contributed by atoms with van der Waals surface area (Å²) in [4.78, 5) is 22.0. The number of rotatable bonds is 7. The van der Waals surface area contributed by atoms with Crippen molar-refractivity contribution in [3.63, 3.8) is 0 Å². The van der Waals surface area contributed by atoms with Crippen LogP contribution in [-0.4, -0.2) is 22.5 Å². The van der Waals surface area contributed by atoms with Gasteiger partial charge in [-0.1, -0.05) is 6.07 Å². The number of nitrogens with one attached hydrogen (secondary N) is 2. The molecule has 2 aromatic carbocycles. The van der Waals surface area contributed by atoms with Gasteiger partial charge in [-0.3, -0.25) is 20.2 Å². The average Bonchev–Trinajstić information content (AvgIpc) is 2.98. The van der Waals surface area contributed by atoms with Crippen molar-refractivity contribution in [2.75, 3.05) is 6.61 Å². The van der Waals surface area contributed by atoms with E-state index in [1.807, 2.05) is 6.92 Å². The molecule has 2 N–H and O–H groups in total. The normalized spacial score (nSPS) is 14.5. The lowest BCUT2D eigenvalue weighted by molar-refractivity contribution is -0.384. The van der Waals surface area contributed by atoms with Crippen molar-refractivity contribution < 1.29 is 19.2 Å². The minimum Gasteiger partial charge on any atom is -0.490 e. The predicted octanol–water partition coefficient (Wildman–Crippen LogP) is 2.92. The van der Waals surface area contributed by atoms with Gasteiger partial charge in [-0.05, 0) is 60.6 Å². The highest BCUT2D eigenvalue weighted by atomic mass is 32.1. The second-order valence-electron chi connectivity index (χ2n) is 5.82. The highest BCUT2D eigenvalue weighted by Gasteiger charge is 2.20. The van der Waals surface area contributed by atoms with Crippen LogP contribution in [0.25, 0.3) is 6.08 Å². The Hall–Kier alpha value is -3.46. The Labute approximate surface area is 166 Å². The van der Waals surface area contributed by atoms with Gasteiger partial charge in [0, 0.05) is 12.1 Å². The molecule has 8 nitrogen and oxygen atoms in total. The van der Waals surface area contributed by atoms with Gasteiger partial charge < -0.3 is 14.8 Å². The summed E-state index contributed by atoms with van der Waals surface area (Å²) < 4.78 is 11.4. The van der Waals surface area contributed by atoms with Crippen molar-refractivity contribution in [2.24, 2.45) is 0 Å². The van der Waals surface area contributed by atoms with E-state index in [9.17, 15) is 14.9 Å². The molecular weight excluding hydrogens is 382 g/mol. The molecule has 2 aromatic rings. The third kappa shape index (κ3) is 4.63. The minimum atomic E-state index is -0.447. The summed E-state index contributed by atoms with van der Waals surface area (Å²) in [6, 6.07) is 11.4. The van der Waals surface area contributed by atoms with Gasteiger partial charge in [-0.15, -0.1) is 0 Å². The van der Waals surface area contributed by atoms with E-state index in [1.165, 1.54) is 12.1 Å². The van der Waals surface area contributed by atoms with Crippen molar-refractivity contribution in [3.8, 4) is 11.5 Å². The first-order valence-corrected chi connectivity index (χ1v) is 8.84. The van der Waals surface area contributed by atoms with Crippen molar-refractivity contribution in [3.05, 3.63) is 69.4 Å². The molecule has 1 amide bonds. The summed E-state index contributed by atoms with van der Waals surface area (Å²) in [5, 5.41) is 16.3. The molecule has 0 unspecified atom stereocenters. The largest absolute Gasteiger partial charge is 0.490 e. The van der Waals surface area contributed by atoms with Crippen molar-refractivity contribution in [2.45, 2.75) is 13.5 Å². The first kappa shape index (κ1) is 19.3. The van der Waals surface area contributed by atoms with Gasteiger partial charge >= 0.3 is 0 Å². The lowest BCUT2D eigenvalue weighted by Crippen LogP contribution is -2.21. The molecule has 0 bridgehead atoms. The van der Waals surface area contributed by atoms with E-state index in [1.54, 1.807) is 36.4 Å². The van der Waals surface area contributed by atoms with Crippen LogP contribution >= 0.6 is 12.2 Å². The fourth-order valence-electron chi connectivity index (χ4n) is 2.53. The topological polar surface area (TPSA) is 103 Å². The zero-order chi connectivity index (χ0) is 20.1. The lowest BCUT2D eigenvalue weighted by Gasteiger charge is -2.13. The fraction of sp³-hybridized carbons (Fsp3) is 0.158. The summed E-state index contributed by atoms with van der Waals surface area (Å²) >= 11 is 4.91. The Bertz CT molecular complexity index is 957.